The summed E-state index contributed by atoms with van der Waals surface area (Å²) in [7, 11) is 0. The number of esters is 3. The number of hydrogen-bond donors (Lipinski definition) is 1. The van der Waals surface area contributed by atoms with E-state index in [9.17, 15) is 19.2 Å². The molecule has 1 aromatic rings. The zero-order valence-electron chi connectivity index (χ0n) is 13.9. The van der Waals surface area contributed by atoms with E-state index in [0.717, 1.165) is 11.3 Å². The van der Waals surface area contributed by atoms with E-state index in [-0.39, 0.29) is 28.7 Å². The topological polar surface area (TPSA) is 108 Å². The summed E-state index contributed by atoms with van der Waals surface area (Å²) in [6.45, 7) is 5.87. The molecular weight excluding hydrogens is 338 g/mol. The van der Waals surface area contributed by atoms with Crippen molar-refractivity contribution in [2.24, 2.45) is 0 Å². The molecule has 0 unspecified atom stereocenters. The van der Waals surface area contributed by atoms with Crippen molar-refractivity contribution in [3.8, 4) is 0 Å². The zero-order chi connectivity index (χ0) is 18.3. The molecule has 0 aliphatic heterocycles. The fraction of sp³-hybridized carbons (Fsp3) is 0.467. The SMILES string of the molecule is CCOC(=O)c1sc(NC(=O)COC(C)=O)c(C(=O)OCC)c1C. The summed E-state index contributed by atoms with van der Waals surface area (Å²) in [6, 6.07) is 0. The Morgan fingerprint density at radius 3 is 2.12 bits per heavy atom. The Bertz CT molecular complexity index is 650. The lowest BCUT2D eigenvalue weighted by atomic mass is 10.1. The molecule has 132 valence electrons. The average Bonchev–Trinajstić information content (AvgIpc) is 2.82. The highest BCUT2D eigenvalue weighted by Crippen LogP contribution is 2.34. The van der Waals surface area contributed by atoms with E-state index in [1.165, 1.54) is 6.92 Å². The summed E-state index contributed by atoms with van der Waals surface area (Å²) in [5.41, 5.74) is 0.445. The van der Waals surface area contributed by atoms with Gasteiger partial charge >= 0.3 is 17.9 Å². The number of thiophene rings is 1. The Balaban J connectivity index is 3.13. The van der Waals surface area contributed by atoms with Gasteiger partial charge in [-0.05, 0) is 26.3 Å². The second-order valence-electron chi connectivity index (χ2n) is 4.53. The van der Waals surface area contributed by atoms with Crippen LogP contribution in [0.2, 0.25) is 0 Å². The van der Waals surface area contributed by atoms with Crippen LogP contribution in [0.5, 0.6) is 0 Å². The molecule has 0 fully saturated rings. The van der Waals surface area contributed by atoms with Crippen molar-refractivity contribution in [3.05, 3.63) is 16.0 Å². The molecule has 0 radical (unpaired) electrons. The van der Waals surface area contributed by atoms with Gasteiger partial charge in [0.1, 0.15) is 9.88 Å². The molecule has 24 heavy (non-hydrogen) atoms. The number of nitrogens with one attached hydrogen (secondary N) is 1. The van der Waals surface area contributed by atoms with Gasteiger partial charge in [0.05, 0.1) is 18.8 Å². The first-order chi connectivity index (χ1) is 11.3. The summed E-state index contributed by atoms with van der Waals surface area (Å²) in [6.07, 6.45) is 0. The summed E-state index contributed by atoms with van der Waals surface area (Å²) < 4.78 is 14.5. The summed E-state index contributed by atoms with van der Waals surface area (Å²) in [4.78, 5) is 46.8. The highest BCUT2D eigenvalue weighted by molar-refractivity contribution is 7.18. The second-order valence-corrected chi connectivity index (χ2v) is 5.55. The smallest absolute Gasteiger partial charge is 0.348 e. The van der Waals surface area contributed by atoms with Crippen LogP contribution in [0.15, 0.2) is 0 Å². The predicted octanol–water partition coefficient (Wildman–Crippen LogP) is 1.91. The Morgan fingerprint density at radius 2 is 1.58 bits per heavy atom. The van der Waals surface area contributed by atoms with Gasteiger partial charge in [0.2, 0.25) is 0 Å². The second kappa shape index (κ2) is 9.02. The number of carbonyl (C=O) groups excluding carboxylic acids is 4. The molecule has 1 heterocycles. The highest BCUT2D eigenvalue weighted by atomic mass is 32.1. The molecule has 0 spiro atoms. The monoisotopic (exact) mass is 357 g/mol. The standard InChI is InChI=1S/C15H19NO7S/c1-5-21-14(19)11-8(3)12(15(20)22-6-2)24-13(11)16-10(18)7-23-9(4)17/h5-7H2,1-4H3,(H,16,18). The molecule has 1 N–H and O–H groups in total. The quantitative estimate of drug-likeness (QED) is 0.586. The van der Waals surface area contributed by atoms with Gasteiger partial charge < -0.3 is 19.5 Å². The first-order valence-corrected chi connectivity index (χ1v) is 8.04. The van der Waals surface area contributed by atoms with Gasteiger partial charge in [-0.25, -0.2) is 9.59 Å². The summed E-state index contributed by atoms with van der Waals surface area (Å²) >= 11 is 0.903. The van der Waals surface area contributed by atoms with Gasteiger partial charge in [0.15, 0.2) is 6.61 Å². The van der Waals surface area contributed by atoms with Crippen molar-refractivity contribution in [2.75, 3.05) is 25.1 Å². The van der Waals surface area contributed by atoms with Crippen molar-refractivity contribution in [3.63, 3.8) is 0 Å². The van der Waals surface area contributed by atoms with Crippen molar-refractivity contribution < 1.29 is 33.4 Å². The maximum absolute atomic E-state index is 12.1. The van der Waals surface area contributed by atoms with Crippen LogP contribution in [0.1, 0.15) is 46.4 Å². The Hall–Kier alpha value is -2.42. The van der Waals surface area contributed by atoms with Gasteiger partial charge in [-0.1, -0.05) is 0 Å². The molecule has 1 rings (SSSR count). The lowest BCUT2D eigenvalue weighted by Crippen LogP contribution is -2.20. The first-order valence-electron chi connectivity index (χ1n) is 7.22. The fourth-order valence-electron chi connectivity index (χ4n) is 1.77. The lowest BCUT2D eigenvalue weighted by molar-refractivity contribution is -0.144. The Labute approximate surface area is 143 Å². The Morgan fingerprint density at radius 1 is 1.00 bits per heavy atom. The van der Waals surface area contributed by atoms with Crippen LogP contribution in [-0.2, 0) is 23.8 Å². The van der Waals surface area contributed by atoms with Gasteiger partial charge in [0, 0.05) is 6.92 Å². The maximum Gasteiger partial charge on any atom is 0.348 e. The van der Waals surface area contributed by atoms with Crippen LogP contribution in [-0.4, -0.2) is 43.6 Å². The third kappa shape index (κ3) is 5.05. The average molecular weight is 357 g/mol. The summed E-state index contributed by atoms with van der Waals surface area (Å²) in [5.74, 6) is -2.49. The molecule has 1 aromatic heterocycles. The molecule has 0 aliphatic rings. The van der Waals surface area contributed by atoms with Crippen molar-refractivity contribution >= 4 is 40.2 Å². The minimum atomic E-state index is -0.662. The fourth-order valence-corrected chi connectivity index (χ4v) is 2.88. The number of anilines is 1. The van der Waals surface area contributed by atoms with Crippen LogP contribution >= 0.6 is 11.3 Å². The van der Waals surface area contributed by atoms with Gasteiger partial charge in [-0.2, -0.15) is 0 Å². The van der Waals surface area contributed by atoms with E-state index in [2.05, 4.69) is 10.1 Å². The molecular formula is C15H19NO7S. The van der Waals surface area contributed by atoms with E-state index >= 15 is 0 Å². The van der Waals surface area contributed by atoms with E-state index in [1.807, 2.05) is 0 Å². The molecule has 0 atom stereocenters. The largest absolute Gasteiger partial charge is 0.462 e. The van der Waals surface area contributed by atoms with Crippen LogP contribution in [0, 0.1) is 6.92 Å². The molecule has 0 bridgehead atoms. The van der Waals surface area contributed by atoms with Crippen molar-refractivity contribution in [1.29, 1.82) is 0 Å². The van der Waals surface area contributed by atoms with Gasteiger partial charge in [0.25, 0.3) is 5.91 Å². The van der Waals surface area contributed by atoms with Crippen molar-refractivity contribution in [1.82, 2.24) is 0 Å². The van der Waals surface area contributed by atoms with E-state index < -0.39 is 30.4 Å². The lowest BCUT2D eigenvalue weighted by Gasteiger charge is -2.07. The molecule has 0 aliphatic carbocycles. The molecule has 0 saturated heterocycles. The van der Waals surface area contributed by atoms with Gasteiger partial charge in [-0.15, -0.1) is 11.3 Å². The molecule has 0 aromatic carbocycles. The molecule has 0 saturated carbocycles. The van der Waals surface area contributed by atoms with E-state index in [0.29, 0.717) is 5.56 Å². The van der Waals surface area contributed by atoms with Crippen LogP contribution in [0.3, 0.4) is 0 Å². The zero-order valence-corrected chi connectivity index (χ0v) is 14.7. The maximum atomic E-state index is 12.1. The molecule has 9 heteroatoms. The highest BCUT2D eigenvalue weighted by Gasteiger charge is 2.27. The Kier molecular flexibility index (Phi) is 7.37. The van der Waals surface area contributed by atoms with Crippen LogP contribution in [0.25, 0.3) is 0 Å². The normalized spacial score (nSPS) is 10.0. The van der Waals surface area contributed by atoms with Crippen LogP contribution in [0.4, 0.5) is 5.00 Å². The number of carbonyl (C=O) groups is 4. The number of rotatable bonds is 7. The third-order valence-corrected chi connectivity index (χ3v) is 3.93. The third-order valence-electron chi connectivity index (χ3n) is 2.75. The number of hydrogen-bond acceptors (Lipinski definition) is 8. The molecule has 8 nitrogen and oxygen atoms in total. The number of ether oxygens (including phenoxy) is 3. The molecule has 1 amide bonds. The minimum Gasteiger partial charge on any atom is -0.462 e. The van der Waals surface area contributed by atoms with Crippen LogP contribution < -0.4 is 5.32 Å². The van der Waals surface area contributed by atoms with E-state index in [1.54, 1.807) is 20.8 Å². The number of amides is 1. The summed E-state index contributed by atoms with van der Waals surface area (Å²) in [5, 5.41) is 2.60. The van der Waals surface area contributed by atoms with Gasteiger partial charge in [-0.3, -0.25) is 9.59 Å². The minimum absolute atomic E-state index is 0.0843. The predicted molar refractivity (Wildman–Crippen MR) is 86.2 cm³/mol. The van der Waals surface area contributed by atoms with Crippen molar-refractivity contribution in [2.45, 2.75) is 27.7 Å². The van der Waals surface area contributed by atoms with E-state index in [4.69, 9.17) is 9.47 Å². The first kappa shape index (κ1) is 19.6.